The van der Waals surface area contributed by atoms with Gasteiger partial charge in [0, 0.05) is 40.8 Å². The van der Waals surface area contributed by atoms with Crippen molar-refractivity contribution in [2.24, 2.45) is 10.4 Å². The van der Waals surface area contributed by atoms with Gasteiger partial charge in [0.15, 0.2) is 5.96 Å². The normalized spacial score (nSPS) is 15.7. The van der Waals surface area contributed by atoms with Crippen molar-refractivity contribution in [1.29, 1.82) is 0 Å². The van der Waals surface area contributed by atoms with Crippen molar-refractivity contribution in [3.8, 4) is 0 Å². The lowest BCUT2D eigenvalue weighted by Gasteiger charge is -2.31. The van der Waals surface area contributed by atoms with Crippen LogP contribution in [0.2, 0.25) is 0 Å². The standard InChI is InChI=1S/C25H37N5O2/c1-26-24(28-19-25(13-7-8-14-25)23(31)29(2)3)27-16-20-10-5-6-11-21(20)17-30(4)18-22-12-9-15-32-22/h5-6,9-12,15H,7-8,13-14,16-19H2,1-4H3,(H2,26,27,28). The summed E-state index contributed by atoms with van der Waals surface area (Å²) in [6, 6.07) is 12.4. The third kappa shape index (κ3) is 6.13. The quantitative estimate of drug-likeness (QED) is 0.464. The molecule has 1 amide bonds. The van der Waals surface area contributed by atoms with Crippen LogP contribution in [0.4, 0.5) is 0 Å². The number of rotatable bonds is 9. The summed E-state index contributed by atoms with van der Waals surface area (Å²) in [5.41, 5.74) is 2.16. The van der Waals surface area contributed by atoms with Crippen LogP contribution in [0.15, 0.2) is 52.1 Å². The first-order valence-electron chi connectivity index (χ1n) is 11.4. The zero-order valence-electron chi connectivity index (χ0n) is 19.9. The second-order valence-corrected chi connectivity index (χ2v) is 8.99. The number of carbonyl (C=O) groups excluding carboxylic acids is 1. The van der Waals surface area contributed by atoms with E-state index in [-0.39, 0.29) is 11.3 Å². The number of carbonyl (C=O) groups is 1. The molecule has 7 nitrogen and oxygen atoms in total. The van der Waals surface area contributed by atoms with Crippen LogP contribution in [0.1, 0.15) is 42.6 Å². The maximum Gasteiger partial charge on any atom is 0.230 e. The Labute approximate surface area is 191 Å². The molecule has 2 N–H and O–H groups in total. The lowest BCUT2D eigenvalue weighted by molar-refractivity contribution is -0.138. The van der Waals surface area contributed by atoms with Gasteiger partial charge in [-0.3, -0.25) is 14.7 Å². The van der Waals surface area contributed by atoms with Gasteiger partial charge in [0.05, 0.1) is 18.2 Å². The Bertz CT molecular complexity index is 885. The summed E-state index contributed by atoms with van der Waals surface area (Å²) in [4.78, 5) is 21.2. The first-order valence-corrected chi connectivity index (χ1v) is 11.4. The molecule has 0 aliphatic heterocycles. The highest BCUT2D eigenvalue weighted by Crippen LogP contribution is 2.38. The number of guanidine groups is 1. The third-order valence-corrected chi connectivity index (χ3v) is 6.25. The summed E-state index contributed by atoms with van der Waals surface area (Å²) in [6.07, 6.45) is 5.78. The van der Waals surface area contributed by atoms with Gasteiger partial charge in [0.1, 0.15) is 5.76 Å². The first-order chi connectivity index (χ1) is 15.4. The van der Waals surface area contributed by atoms with E-state index in [1.54, 1.807) is 18.2 Å². The van der Waals surface area contributed by atoms with E-state index in [0.29, 0.717) is 13.1 Å². The average molecular weight is 440 g/mol. The van der Waals surface area contributed by atoms with Gasteiger partial charge in [0.25, 0.3) is 0 Å². The molecular formula is C25H37N5O2. The predicted octanol–water partition coefficient (Wildman–Crippen LogP) is 3.23. The lowest BCUT2D eigenvalue weighted by atomic mass is 9.84. The van der Waals surface area contributed by atoms with Gasteiger partial charge >= 0.3 is 0 Å². The molecule has 1 fully saturated rings. The van der Waals surface area contributed by atoms with Crippen molar-refractivity contribution < 1.29 is 9.21 Å². The summed E-state index contributed by atoms with van der Waals surface area (Å²) in [7, 11) is 7.55. The second kappa shape index (κ2) is 11.2. The number of amides is 1. The molecular weight excluding hydrogens is 402 g/mol. The molecule has 1 aromatic heterocycles. The van der Waals surface area contributed by atoms with Gasteiger partial charge in [-0.05, 0) is 43.1 Å². The topological polar surface area (TPSA) is 73.1 Å². The highest BCUT2D eigenvalue weighted by Gasteiger charge is 2.42. The predicted molar refractivity (Wildman–Crippen MR) is 128 cm³/mol. The summed E-state index contributed by atoms with van der Waals surface area (Å²) in [6.45, 7) is 2.86. The van der Waals surface area contributed by atoms with Crippen molar-refractivity contribution in [1.82, 2.24) is 20.4 Å². The van der Waals surface area contributed by atoms with E-state index in [1.165, 1.54) is 11.1 Å². The smallest absolute Gasteiger partial charge is 0.230 e. The van der Waals surface area contributed by atoms with E-state index < -0.39 is 0 Å². The van der Waals surface area contributed by atoms with Crippen LogP contribution < -0.4 is 10.6 Å². The molecule has 0 radical (unpaired) electrons. The molecule has 1 aromatic carbocycles. The largest absolute Gasteiger partial charge is 0.468 e. The zero-order valence-corrected chi connectivity index (χ0v) is 19.9. The zero-order chi connectivity index (χ0) is 23.0. The van der Waals surface area contributed by atoms with Gasteiger partial charge in [-0.2, -0.15) is 0 Å². The second-order valence-electron chi connectivity index (χ2n) is 8.99. The molecule has 174 valence electrons. The minimum atomic E-state index is -0.326. The van der Waals surface area contributed by atoms with Crippen LogP contribution in [0.3, 0.4) is 0 Å². The molecule has 0 atom stereocenters. The van der Waals surface area contributed by atoms with Crippen molar-refractivity contribution in [2.75, 3.05) is 34.7 Å². The van der Waals surface area contributed by atoms with Crippen LogP contribution in [0.25, 0.3) is 0 Å². The molecule has 7 heteroatoms. The molecule has 0 bridgehead atoms. The van der Waals surface area contributed by atoms with Crippen LogP contribution in [0.5, 0.6) is 0 Å². The van der Waals surface area contributed by atoms with Crippen molar-refractivity contribution in [2.45, 2.75) is 45.3 Å². The van der Waals surface area contributed by atoms with Gasteiger partial charge in [0.2, 0.25) is 5.91 Å². The maximum atomic E-state index is 12.8. The van der Waals surface area contributed by atoms with Gasteiger partial charge < -0.3 is 20.0 Å². The Kier molecular flexibility index (Phi) is 8.33. The molecule has 0 saturated heterocycles. The Hall–Kier alpha value is -2.80. The molecule has 2 aromatic rings. The fourth-order valence-corrected chi connectivity index (χ4v) is 4.54. The van der Waals surface area contributed by atoms with Crippen LogP contribution >= 0.6 is 0 Å². The van der Waals surface area contributed by atoms with Crippen LogP contribution in [-0.2, 0) is 24.4 Å². The Morgan fingerprint density at radius 3 is 2.38 bits per heavy atom. The number of hydrogen-bond donors (Lipinski definition) is 2. The first kappa shape index (κ1) is 23.9. The molecule has 0 spiro atoms. The van der Waals surface area contributed by atoms with Crippen molar-refractivity contribution >= 4 is 11.9 Å². The summed E-state index contributed by atoms with van der Waals surface area (Å²) >= 11 is 0. The fraction of sp³-hybridized carbons (Fsp3) is 0.520. The highest BCUT2D eigenvalue weighted by molar-refractivity contribution is 5.85. The molecule has 0 unspecified atom stereocenters. The van der Waals surface area contributed by atoms with Gasteiger partial charge in [-0.15, -0.1) is 0 Å². The minimum Gasteiger partial charge on any atom is -0.468 e. The Balaban J connectivity index is 1.57. The minimum absolute atomic E-state index is 0.211. The molecule has 1 aliphatic rings. The van der Waals surface area contributed by atoms with Crippen molar-refractivity contribution in [3.63, 3.8) is 0 Å². The van der Waals surface area contributed by atoms with Crippen LogP contribution in [-0.4, -0.2) is 56.4 Å². The van der Waals surface area contributed by atoms with Gasteiger partial charge in [-0.1, -0.05) is 37.1 Å². The number of furan rings is 1. The van der Waals surface area contributed by atoms with E-state index in [0.717, 1.165) is 50.5 Å². The number of aliphatic imine (C=N–C) groups is 1. The molecule has 1 saturated carbocycles. The number of nitrogens with one attached hydrogen (secondary N) is 2. The molecule has 1 heterocycles. The van der Waals surface area contributed by atoms with Crippen molar-refractivity contribution in [3.05, 3.63) is 59.5 Å². The van der Waals surface area contributed by atoms with E-state index in [1.807, 2.05) is 26.2 Å². The summed E-state index contributed by atoms with van der Waals surface area (Å²) < 4.78 is 5.47. The third-order valence-electron chi connectivity index (χ3n) is 6.25. The molecule has 3 rings (SSSR count). The summed E-state index contributed by atoms with van der Waals surface area (Å²) in [5, 5.41) is 6.85. The van der Waals surface area contributed by atoms with E-state index >= 15 is 0 Å². The monoisotopic (exact) mass is 439 g/mol. The SMILES string of the molecule is CN=C(NCc1ccccc1CN(C)Cc1ccco1)NCC1(C(=O)N(C)C)CCCC1. The molecule has 1 aliphatic carbocycles. The Morgan fingerprint density at radius 1 is 1.03 bits per heavy atom. The van der Waals surface area contributed by atoms with E-state index in [9.17, 15) is 4.79 Å². The van der Waals surface area contributed by atoms with E-state index in [2.05, 4.69) is 51.8 Å². The summed E-state index contributed by atoms with van der Waals surface area (Å²) in [5.74, 6) is 1.89. The number of nitrogens with zero attached hydrogens (tertiary/aromatic N) is 3. The van der Waals surface area contributed by atoms with E-state index in [4.69, 9.17) is 4.42 Å². The maximum absolute atomic E-state index is 12.8. The highest BCUT2D eigenvalue weighted by atomic mass is 16.3. The lowest BCUT2D eigenvalue weighted by Crippen LogP contribution is -2.49. The number of hydrogen-bond acceptors (Lipinski definition) is 4. The number of benzene rings is 1. The average Bonchev–Trinajstić information content (AvgIpc) is 3.47. The van der Waals surface area contributed by atoms with Crippen LogP contribution in [0, 0.1) is 5.41 Å². The Morgan fingerprint density at radius 2 is 1.75 bits per heavy atom. The molecule has 32 heavy (non-hydrogen) atoms. The van der Waals surface area contributed by atoms with Gasteiger partial charge in [-0.25, -0.2) is 0 Å². The fourth-order valence-electron chi connectivity index (χ4n) is 4.54.